The van der Waals surface area contributed by atoms with Crippen molar-refractivity contribution in [1.82, 2.24) is 0 Å². The molecule has 25 heavy (non-hydrogen) atoms. The van der Waals surface area contributed by atoms with E-state index in [1.807, 2.05) is 36.4 Å². The first kappa shape index (κ1) is 34.2. The van der Waals surface area contributed by atoms with Gasteiger partial charge >= 0.3 is 0 Å². The summed E-state index contributed by atoms with van der Waals surface area (Å²) in [6, 6.07) is 20.4. The summed E-state index contributed by atoms with van der Waals surface area (Å²) in [5.41, 5.74) is 1.13. The average molecular weight is 522 g/mol. The molecule has 2 rings (SSSR count). The minimum Gasteiger partial charge on any atom is -0.281 e. The fourth-order valence-corrected chi connectivity index (χ4v) is 1.78. The van der Waals surface area contributed by atoms with E-state index in [0.717, 1.165) is 5.56 Å². The molecule has 2 aromatic carbocycles. The van der Waals surface area contributed by atoms with Gasteiger partial charge in [-0.25, -0.2) is 0 Å². The quantitative estimate of drug-likeness (QED) is 0.573. The maximum absolute atomic E-state index is 7.50. The van der Waals surface area contributed by atoms with Crippen molar-refractivity contribution in [3.8, 4) is 0 Å². The van der Waals surface area contributed by atoms with Gasteiger partial charge in [0.25, 0.3) is 33.9 Å². The topological polar surface area (TPSA) is 85.3 Å². The average Bonchev–Trinajstić information content (AvgIpc) is 2.75. The fraction of sp³-hybridized carbons (Fsp3) is 0. The van der Waals surface area contributed by atoms with Crippen molar-refractivity contribution in [2.45, 2.75) is 4.90 Å². The molecular formula is C18H10O5SW. The van der Waals surface area contributed by atoms with Crippen molar-refractivity contribution in [2.24, 2.45) is 0 Å². The van der Waals surface area contributed by atoms with Crippen molar-refractivity contribution in [3.05, 3.63) is 72.0 Å². The first-order chi connectivity index (χ1) is 11.9. The zero-order valence-corrected chi connectivity index (χ0v) is 16.4. The molecule has 0 aliphatic heterocycles. The number of thioether (sulfide) groups is 1. The zero-order valence-electron chi connectivity index (χ0n) is 12.6. The van der Waals surface area contributed by atoms with Crippen molar-refractivity contribution in [2.75, 3.05) is 0 Å². The predicted molar refractivity (Wildman–Crippen MR) is 89.6 cm³/mol. The molecule has 0 bridgehead atoms. The smallest absolute Gasteiger partial charge is 0.281 e. The molecular weight excluding hydrogens is 512 g/mol. The fourth-order valence-electron chi connectivity index (χ4n) is 1.11. The van der Waals surface area contributed by atoms with Crippen LogP contribution in [0.2, 0.25) is 0 Å². The standard InChI is InChI=1S/C13H10S.5CO.W/c1-3-7-12(8-4-1)11-14-13-9-5-2-6-10-13;5*1-2;/h1-10H;;;;;;. The first-order valence-corrected chi connectivity index (χ1v) is 6.32. The van der Waals surface area contributed by atoms with Crippen LogP contribution < -0.4 is 0 Å². The van der Waals surface area contributed by atoms with Gasteiger partial charge in [0.2, 0.25) is 0 Å². The minimum atomic E-state index is 0. The van der Waals surface area contributed by atoms with Gasteiger partial charge in [-0.3, -0.25) is 24.0 Å². The molecule has 0 aromatic heterocycles. The molecule has 0 atom stereocenters. The van der Waals surface area contributed by atoms with E-state index in [4.69, 9.17) is 24.0 Å². The van der Waals surface area contributed by atoms with E-state index in [9.17, 15) is 0 Å². The summed E-state index contributed by atoms with van der Waals surface area (Å²) >= 11 is 1.62. The number of benzene rings is 2. The van der Waals surface area contributed by atoms with Crippen LogP contribution in [-0.2, 0) is 45.0 Å². The molecule has 0 aliphatic rings. The van der Waals surface area contributed by atoms with Gasteiger partial charge in [-0.05, 0) is 17.7 Å². The Hall–Kier alpha value is -2.17. The summed E-state index contributed by atoms with van der Waals surface area (Å²) in [5, 5.41) is 0. The molecule has 12 radical (unpaired) electrons. The van der Waals surface area contributed by atoms with Crippen LogP contribution in [0.25, 0.3) is 0 Å². The summed E-state index contributed by atoms with van der Waals surface area (Å²) in [6.07, 6.45) is 0. The van der Waals surface area contributed by atoms with Gasteiger partial charge in [-0.15, -0.1) is 11.8 Å². The third kappa shape index (κ3) is 24.2. The van der Waals surface area contributed by atoms with Crippen LogP contribution in [0.1, 0.15) is 5.56 Å². The van der Waals surface area contributed by atoms with Gasteiger partial charge in [0.15, 0.2) is 0 Å². The third-order valence-electron chi connectivity index (χ3n) is 1.80. The van der Waals surface area contributed by atoms with E-state index in [1.54, 1.807) is 11.8 Å². The summed E-state index contributed by atoms with van der Waals surface area (Å²) in [4.78, 5) is 38.7. The Morgan fingerprint density at radius 1 is 0.560 bits per heavy atom. The van der Waals surface area contributed by atoms with Gasteiger partial charge in [-0.2, -0.15) is 0 Å². The Morgan fingerprint density at radius 3 is 1.24 bits per heavy atom. The Bertz CT molecular complexity index is 408. The van der Waals surface area contributed by atoms with Crippen molar-refractivity contribution in [1.29, 1.82) is 0 Å². The van der Waals surface area contributed by atoms with Crippen LogP contribution in [0.3, 0.4) is 0 Å². The number of carbonyl (C=O) groups excluding carboxylic acids is 5. The maximum Gasteiger partial charge on any atom is 0.281 e. The van der Waals surface area contributed by atoms with E-state index in [1.165, 1.54) is 4.90 Å². The summed E-state index contributed by atoms with van der Waals surface area (Å²) in [7, 11) is 0. The number of hydrogen-bond acceptors (Lipinski definition) is 6. The molecule has 0 fully saturated rings. The van der Waals surface area contributed by atoms with Crippen LogP contribution in [0, 0.1) is 5.75 Å². The van der Waals surface area contributed by atoms with Gasteiger partial charge in [0.05, 0.1) is 5.75 Å². The third-order valence-corrected chi connectivity index (χ3v) is 2.65. The van der Waals surface area contributed by atoms with Crippen LogP contribution in [0.4, 0.5) is 0 Å². The summed E-state index contributed by atoms with van der Waals surface area (Å²) < 4.78 is 0. The van der Waals surface area contributed by atoms with Crippen LogP contribution in [0.5, 0.6) is 0 Å². The molecule has 0 amide bonds. The molecule has 0 N–H and O–H groups in total. The van der Waals surface area contributed by atoms with E-state index in [-0.39, 0.29) is 21.1 Å². The van der Waals surface area contributed by atoms with Crippen LogP contribution >= 0.6 is 11.8 Å². The van der Waals surface area contributed by atoms with Crippen molar-refractivity contribution < 1.29 is 45.0 Å². The van der Waals surface area contributed by atoms with Gasteiger partial charge < -0.3 is 0 Å². The minimum absolute atomic E-state index is 0. The summed E-state index contributed by atoms with van der Waals surface area (Å²) in [5.74, 6) is 3.28. The molecule has 124 valence electrons. The molecule has 7 heteroatoms. The second-order valence-electron chi connectivity index (χ2n) is 2.88. The maximum atomic E-state index is 7.50. The molecule has 0 saturated carbocycles. The van der Waals surface area contributed by atoms with Crippen molar-refractivity contribution in [3.63, 3.8) is 0 Å². The molecule has 0 saturated heterocycles. The Balaban J connectivity index is -0.000000105. The first-order valence-electron chi connectivity index (χ1n) is 5.50. The Morgan fingerprint density at radius 2 is 0.880 bits per heavy atom. The second-order valence-corrected chi connectivity index (χ2v) is 3.76. The van der Waals surface area contributed by atoms with Crippen molar-refractivity contribution >= 4 is 45.7 Å². The zero-order chi connectivity index (χ0) is 19.6. The number of hydrogen-bond donors (Lipinski definition) is 0. The van der Waals surface area contributed by atoms with Gasteiger partial charge in [-0.1, -0.05) is 48.5 Å². The monoisotopic (exact) mass is 522 g/mol. The molecule has 0 spiro atoms. The van der Waals surface area contributed by atoms with Gasteiger partial charge in [0, 0.05) is 26.0 Å². The predicted octanol–water partition coefficient (Wildman–Crippen LogP) is 1.88. The number of rotatable bonds is 3. The molecule has 0 unspecified atom stereocenters. The van der Waals surface area contributed by atoms with Gasteiger partial charge in [0.1, 0.15) is 0 Å². The van der Waals surface area contributed by atoms with E-state index < -0.39 is 0 Å². The Labute approximate surface area is 167 Å². The summed E-state index contributed by atoms with van der Waals surface area (Å²) in [6.45, 7) is 22.5. The second kappa shape index (κ2) is 37.8. The molecule has 2 aromatic rings. The normalized spacial score (nSPS) is 6.40. The van der Waals surface area contributed by atoms with E-state index >= 15 is 0 Å². The Kier molecular flexibility index (Phi) is 51.7. The molecule has 0 heterocycles. The SMILES string of the molecule is [C](Sc1ccccc1)c1ccccc1.[C]=O.[C]=O.[C]=O.[C]=O.[C]=O.[W]. The van der Waals surface area contributed by atoms with Crippen LogP contribution in [0.15, 0.2) is 65.6 Å². The molecule has 5 nitrogen and oxygen atoms in total. The van der Waals surface area contributed by atoms with E-state index in [0.29, 0.717) is 0 Å². The largest absolute Gasteiger partial charge is 0.281 e. The van der Waals surface area contributed by atoms with Crippen LogP contribution in [-0.4, -0.2) is 33.9 Å². The molecule has 0 aliphatic carbocycles. The van der Waals surface area contributed by atoms with E-state index in [2.05, 4.69) is 64.0 Å².